The van der Waals surface area contributed by atoms with Crippen LogP contribution in [0.15, 0.2) is 48.1 Å². The van der Waals surface area contributed by atoms with Crippen molar-refractivity contribution in [2.75, 3.05) is 31.6 Å². The number of cyclic esters (lactones) is 1. The summed E-state index contributed by atoms with van der Waals surface area (Å²) >= 11 is 0. The van der Waals surface area contributed by atoms with Gasteiger partial charge in [-0.1, -0.05) is 25.2 Å². The highest BCUT2D eigenvalue weighted by molar-refractivity contribution is 5.92. The lowest BCUT2D eigenvalue weighted by Crippen LogP contribution is -2.41. The number of anilines is 1. The van der Waals surface area contributed by atoms with Gasteiger partial charge in [-0.15, -0.1) is 0 Å². The Balaban J connectivity index is 1.33. The molecule has 0 saturated carbocycles. The predicted molar refractivity (Wildman–Crippen MR) is 131 cm³/mol. The van der Waals surface area contributed by atoms with E-state index >= 15 is 0 Å². The lowest BCUT2D eigenvalue weighted by atomic mass is 9.83. The molecule has 2 heterocycles. The Morgan fingerprint density at radius 3 is 2.68 bits per heavy atom. The van der Waals surface area contributed by atoms with E-state index < -0.39 is 11.6 Å². The van der Waals surface area contributed by atoms with Crippen molar-refractivity contribution in [1.29, 1.82) is 0 Å². The summed E-state index contributed by atoms with van der Waals surface area (Å²) in [6, 6.07) is 6.35. The number of likely N-dealkylation sites (N-methyl/N-ethyl adjacent to an activating group) is 1. The van der Waals surface area contributed by atoms with Gasteiger partial charge in [-0.25, -0.2) is 9.59 Å². The van der Waals surface area contributed by atoms with Crippen LogP contribution in [-0.2, 0) is 9.47 Å². The van der Waals surface area contributed by atoms with Gasteiger partial charge in [0.1, 0.15) is 5.60 Å². The second kappa shape index (κ2) is 9.55. The number of amides is 1. The van der Waals surface area contributed by atoms with Gasteiger partial charge in [0, 0.05) is 31.1 Å². The Kier molecular flexibility index (Phi) is 6.87. The smallest absolute Gasteiger partial charge is 0.415 e. The standard InChI is InChI=1S/C27H36N2O5/c1-5-27(18-29(25(32)34-27)22-9-7-20(8-10-22)24(30)31)14-15-28(4)17-19-6-11-23-21(16-19)12-13-26(2,3)33-23/h6-11,16,21,23H,5,12-15,17-18H2,1-4H3,(H,30,31). The normalized spacial score (nSPS) is 28.0. The Morgan fingerprint density at radius 2 is 2.00 bits per heavy atom. The number of aromatic carboxylic acids is 1. The van der Waals surface area contributed by atoms with Crippen molar-refractivity contribution in [3.8, 4) is 0 Å². The third kappa shape index (κ3) is 5.36. The van der Waals surface area contributed by atoms with Crippen LogP contribution in [-0.4, -0.2) is 66.1 Å². The Bertz CT molecular complexity index is 983. The van der Waals surface area contributed by atoms with Crippen molar-refractivity contribution in [1.82, 2.24) is 4.90 Å². The predicted octanol–water partition coefficient (Wildman–Crippen LogP) is 4.88. The molecule has 4 rings (SSSR count). The lowest BCUT2D eigenvalue weighted by molar-refractivity contribution is -0.104. The zero-order chi connectivity index (χ0) is 24.5. The fraction of sp³-hybridized carbons (Fsp3) is 0.556. The molecule has 1 aromatic carbocycles. The molecule has 7 nitrogen and oxygen atoms in total. The van der Waals surface area contributed by atoms with Crippen molar-refractivity contribution >= 4 is 17.7 Å². The number of carboxylic acid groups (broad SMARTS) is 1. The van der Waals surface area contributed by atoms with Crippen LogP contribution in [0.25, 0.3) is 0 Å². The number of hydrogen-bond donors (Lipinski definition) is 1. The van der Waals surface area contributed by atoms with Gasteiger partial charge in [-0.2, -0.15) is 0 Å². The van der Waals surface area contributed by atoms with E-state index in [0.717, 1.165) is 38.8 Å². The summed E-state index contributed by atoms with van der Waals surface area (Å²) < 4.78 is 12.1. The maximum Gasteiger partial charge on any atom is 0.415 e. The van der Waals surface area contributed by atoms with E-state index in [1.165, 1.54) is 17.7 Å². The quantitative estimate of drug-likeness (QED) is 0.586. The number of fused-ring (bicyclic) bond motifs is 1. The number of benzene rings is 1. The van der Waals surface area contributed by atoms with Gasteiger partial charge in [-0.3, -0.25) is 4.90 Å². The summed E-state index contributed by atoms with van der Waals surface area (Å²) in [5.74, 6) is -0.542. The van der Waals surface area contributed by atoms with E-state index in [9.17, 15) is 9.59 Å². The molecule has 1 aromatic rings. The number of ether oxygens (including phenoxy) is 2. The molecule has 34 heavy (non-hydrogen) atoms. The van der Waals surface area contributed by atoms with Gasteiger partial charge in [0.15, 0.2) is 0 Å². The Morgan fingerprint density at radius 1 is 1.26 bits per heavy atom. The van der Waals surface area contributed by atoms with E-state index in [1.54, 1.807) is 17.0 Å². The van der Waals surface area contributed by atoms with E-state index in [4.69, 9.17) is 14.6 Å². The van der Waals surface area contributed by atoms with E-state index in [1.807, 2.05) is 6.92 Å². The Hall–Kier alpha value is -2.64. The van der Waals surface area contributed by atoms with Gasteiger partial charge < -0.3 is 19.5 Å². The van der Waals surface area contributed by atoms with Crippen molar-refractivity contribution < 1.29 is 24.2 Å². The van der Waals surface area contributed by atoms with E-state index in [2.05, 4.69) is 44.0 Å². The van der Waals surface area contributed by atoms with Crippen LogP contribution in [0.5, 0.6) is 0 Å². The van der Waals surface area contributed by atoms with Crippen LogP contribution in [0, 0.1) is 5.92 Å². The SMILES string of the molecule is CCC1(CCN(C)CC2=CC3CCC(C)(C)OC3C=C2)CN(c2ccc(C(=O)O)cc2)C(=O)O1. The minimum atomic E-state index is -0.986. The molecule has 2 fully saturated rings. The molecular weight excluding hydrogens is 432 g/mol. The van der Waals surface area contributed by atoms with Crippen LogP contribution in [0.2, 0.25) is 0 Å². The van der Waals surface area contributed by atoms with Gasteiger partial charge in [0.05, 0.1) is 23.8 Å². The zero-order valence-electron chi connectivity index (χ0n) is 20.6. The molecule has 7 heteroatoms. The van der Waals surface area contributed by atoms with Crippen molar-refractivity contribution in [2.45, 2.75) is 63.8 Å². The summed E-state index contributed by atoms with van der Waals surface area (Å²) in [4.78, 5) is 27.6. The average molecular weight is 469 g/mol. The largest absolute Gasteiger partial charge is 0.478 e. The number of hydrogen-bond acceptors (Lipinski definition) is 5. The molecule has 2 saturated heterocycles. The highest BCUT2D eigenvalue weighted by Gasteiger charge is 2.44. The molecule has 184 valence electrons. The topological polar surface area (TPSA) is 79.3 Å². The highest BCUT2D eigenvalue weighted by atomic mass is 16.6. The molecule has 3 atom stereocenters. The van der Waals surface area contributed by atoms with Crippen LogP contribution in [0.4, 0.5) is 10.5 Å². The maximum atomic E-state index is 12.7. The number of carboxylic acids is 1. The number of rotatable bonds is 8. The van der Waals surface area contributed by atoms with Crippen molar-refractivity contribution in [3.05, 3.63) is 53.6 Å². The molecule has 2 aliphatic heterocycles. The number of carbonyl (C=O) groups is 2. The molecule has 0 radical (unpaired) electrons. The molecule has 1 amide bonds. The van der Waals surface area contributed by atoms with Crippen molar-refractivity contribution in [3.63, 3.8) is 0 Å². The van der Waals surface area contributed by atoms with Gasteiger partial charge in [0.2, 0.25) is 0 Å². The fourth-order valence-electron chi connectivity index (χ4n) is 5.09. The molecule has 0 aromatic heterocycles. The highest BCUT2D eigenvalue weighted by Crippen LogP contribution is 2.37. The van der Waals surface area contributed by atoms with Crippen LogP contribution < -0.4 is 4.90 Å². The average Bonchev–Trinajstić information content (AvgIpc) is 3.14. The summed E-state index contributed by atoms with van der Waals surface area (Å²) in [6.07, 6.45) is 10.2. The molecule has 3 unspecified atom stereocenters. The zero-order valence-corrected chi connectivity index (χ0v) is 20.6. The third-order valence-corrected chi connectivity index (χ3v) is 7.33. The number of carbonyl (C=O) groups excluding carboxylic acids is 1. The Labute approximate surface area is 202 Å². The molecule has 0 spiro atoms. The fourth-order valence-corrected chi connectivity index (χ4v) is 5.09. The number of nitrogens with zero attached hydrogens (tertiary/aromatic N) is 2. The summed E-state index contributed by atoms with van der Waals surface area (Å²) in [6.45, 7) is 8.47. The first-order chi connectivity index (χ1) is 16.1. The van der Waals surface area contributed by atoms with Gasteiger partial charge >= 0.3 is 12.1 Å². The van der Waals surface area contributed by atoms with Crippen LogP contribution in [0.3, 0.4) is 0 Å². The summed E-state index contributed by atoms with van der Waals surface area (Å²) in [5.41, 5.74) is 1.56. The van der Waals surface area contributed by atoms with Crippen molar-refractivity contribution in [2.24, 2.45) is 5.92 Å². The lowest BCUT2D eigenvalue weighted by Gasteiger charge is -2.40. The summed E-state index contributed by atoms with van der Waals surface area (Å²) in [5, 5.41) is 9.11. The monoisotopic (exact) mass is 468 g/mol. The minimum Gasteiger partial charge on any atom is -0.478 e. The first-order valence-electron chi connectivity index (χ1n) is 12.2. The third-order valence-electron chi connectivity index (χ3n) is 7.33. The minimum absolute atomic E-state index is 0.0486. The van der Waals surface area contributed by atoms with E-state index in [0.29, 0.717) is 18.2 Å². The molecule has 3 aliphatic rings. The molecule has 0 bridgehead atoms. The molecular formula is C27H36N2O5. The maximum absolute atomic E-state index is 12.7. The first-order valence-corrected chi connectivity index (χ1v) is 12.2. The van der Waals surface area contributed by atoms with E-state index in [-0.39, 0.29) is 23.4 Å². The second-order valence-electron chi connectivity index (χ2n) is 10.5. The second-order valence-corrected chi connectivity index (χ2v) is 10.5. The van der Waals surface area contributed by atoms with Gasteiger partial charge in [-0.05, 0) is 70.0 Å². The summed E-state index contributed by atoms with van der Waals surface area (Å²) in [7, 11) is 2.10. The van der Waals surface area contributed by atoms with Crippen LogP contribution in [0.1, 0.15) is 56.8 Å². The first kappa shape index (κ1) is 24.5. The molecule has 1 N–H and O–H groups in total. The van der Waals surface area contributed by atoms with Crippen LogP contribution >= 0.6 is 0 Å². The molecule has 1 aliphatic carbocycles. The van der Waals surface area contributed by atoms with Gasteiger partial charge in [0.25, 0.3) is 0 Å².